The quantitative estimate of drug-likeness (QED) is 0.864. The molecule has 27 heavy (non-hydrogen) atoms. The van der Waals surface area contributed by atoms with E-state index in [0.29, 0.717) is 25.9 Å². The van der Waals surface area contributed by atoms with Gasteiger partial charge in [0.25, 0.3) is 0 Å². The van der Waals surface area contributed by atoms with Crippen LogP contribution in [0.1, 0.15) is 37.9 Å². The number of nitrogens with zero attached hydrogens (tertiary/aromatic N) is 4. The summed E-state index contributed by atoms with van der Waals surface area (Å²) in [6.45, 7) is 5.90. The minimum absolute atomic E-state index is 0.0967. The van der Waals surface area contributed by atoms with E-state index in [1.165, 1.54) is 9.70 Å². The Kier molecular flexibility index (Phi) is 4.10. The lowest BCUT2D eigenvalue weighted by Gasteiger charge is -2.38. The molecule has 9 heteroatoms. The molecule has 1 aromatic heterocycles. The molecule has 0 saturated carbocycles. The molecule has 2 heterocycles. The Morgan fingerprint density at radius 2 is 1.67 bits per heavy atom. The normalized spacial score (nSPS) is 18.1. The second-order valence-corrected chi connectivity index (χ2v) is 8.30. The number of amides is 1. The van der Waals surface area contributed by atoms with Crippen molar-refractivity contribution in [1.29, 1.82) is 0 Å². The van der Waals surface area contributed by atoms with E-state index in [4.69, 9.17) is 4.74 Å². The highest BCUT2D eigenvalue weighted by atomic mass is 19.1. The van der Waals surface area contributed by atoms with Crippen LogP contribution < -0.4 is 0 Å². The number of carbonyl (C=O) groups excluding carboxylic acids is 1. The van der Waals surface area contributed by atoms with E-state index in [2.05, 4.69) is 10.2 Å². The van der Waals surface area contributed by atoms with Gasteiger partial charge in [-0.15, -0.1) is 10.2 Å². The molecule has 0 bridgehead atoms. The first-order chi connectivity index (χ1) is 12.7. The van der Waals surface area contributed by atoms with Crippen LogP contribution in [0, 0.1) is 17.6 Å². The van der Waals surface area contributed by atoms with Crippen molar-refractivity contribution >= 4 is 17.1 Å². The predicted molar refractivity (Wildman–Crippen MR) is 92.3 cm³/mol. The number of rotatable bonds is 2. The molecule has 1 aromatic carbocycles. The lowest BCUT2D eigenvalue weighted by Crippen LogP contribution is -2.52. The first kappa shape index (κ1) is 18.1. The Bertz CT molecular complexity index is 867. The molecule has 0 radical (unpaired) electrons. The van der Waals surface area contributed by atoms with E-state index in [9.17, 15) is 18.7 Å². The molecular formula is C18H22F2N4O3. The average Bonchev–Trinajstić information content (AvgIpc) is 3.14. The molecule has 146 valence electrons. The van der Waals surface area contributed by atoms with Crippen molar-refractivity contribution in [3.05, 3.63) is 22.8 Å². The van der Waals surface area contributed by atoms with Crippen molar-refractivity contribution in [2.24, 2.45) is 5.92 Å². The summed E-state index contributed by atoms with van der Waals surface area (Å²) in [5, 5.41) is 17.6. The topological polar surface area (TPSA) is 80.5 Å². The molecule has 0 atom stereocenters. The van der Waals surface area contributed by atoms with Gasteiger partial charge in [-0.1, -0.05) is 0 Å². The number of benzene rings is 1. The zero-order chi connectivity index (χ0) is 19.5. The number of aliphatic hydroxyl groups is 1. The SMILES string of the molecule is CC(C)(C)OC(=O)N1CC(n2nc3c(F)c4c(c(F)c3n2)CC(CO)C4)C1. The number of likely N-dealkylation sites (tertiary alicyclic amines) is 1. The predicted octanol–water partition coefficient (Wildman–Crippen LogP) is 2.21. The number of carbonyl (C=O) groups is 1. The van der Waals surface area contributed by atoms with E-state index in [1.54, 1.807) is 20.8 Å². The third-order valence-electron chi connectivity index (χ3n) is 5.02. The fraction of sp³-hybridized carbons (Fsp3) is 0.611. The number of halogens is 2. The molecule has 4 rings (SSSR count). The van der Waals surface area contributed by atoms with Crippen molar-refractivity contribution in [3.8, 4) is 0 Å². The van der Waals surface area contributed by atoms with E-state index in [-0.39, 0.29) is 40.7 Å². The van der Waals surface area contributed by atoms with Gasteiger partial charge in [0.15, 0.2) is 22.7 Å². The Balaban J connectivity index is 1.56. The maximum absolute atomic E-state index is 14.8. The zero-order valence-electron chi connectivity index (χ0n) is 15.5. The van der Waals surface area contributed by atoms with E-state index in [0.717, 1.165) is 0 Å². The molecular weight excluding hydrogens is 358 g/mol. The second-order valence-electron chi connectivity index (χ2n) is 8.30. The van der Waals surface area contributed by atoms with Gasteiger partial charge in [-0.3, -0.25) is 0 Å². The second kappa shape index (κ2) is 6.12. The van der Waals surface area contributed by atoms with Crippen LogP contribution in [-0.4, -0.2) is 56.4 Å². The van der Waals surface area contributed by atoms with E-state index >= 15 is 0 Å². The van der Waals surface area contributed by atoms with E-state index < -0.39 is 23.3 Å². The van der Waals surface area contributed by atoms with Crippen LogP contribution in [-0.2, 0) is 17.6 Å². The average molecular weight is 380 g/mol. The molecule has 1 amide bonds. The summed E-state index contributed by atoms with van der Waals surface area (Å²) >= 11 is 0. The molecule has 2 aromatic rings. The Morgan fingerprint density at radius 1 is 1.15 bits per heavy atom. The van der Waals surface area contributed by atoms with Crippen LogP contribution in [0.4, 0.5) is 13.6 Å². The van der Waals surface area contributed by atoms with Crippen LogP contribution in [0.2, 0.25) is 0 Å². The molecule has 0 unspecified atom stereocenters. The fourth-order valence-electron chi connectivity index (χ4n) is 3.61. The van der Waals surface area contributed by atoms with Gasteiger partial charge in [0, 0.05) is 6.61 Å². The highest BCUT2D eigenvalue weighted by Crippen LogP contribution is 2.35. The smallest absolute Gasteiger partial charge is 0.410 e. The molecule has 1 aliphatic heterocycles. The van der Waals surface area contributed by atoms with Crippen LogP contribution >= 0.6 is 0 Å². The molecule has 1 aliphatic carbocycles. The van der Waals surface area contributed by atoms with Crippen molar-refractivity contribution in [2.75, 3.05) is 19.7 Å². The van der Waals surface area contributed by atoms with Crippen molar-refractivity contribution < 1.29 is 23.4 Å². The van der Waals surface area contributed by atoms with Crippen LogP contribution in [0.3, 0.4) is 0 Å². The number of hydrogen-bond donors (Lipinski definition) is 1. The molecule has 7 nitrogen and oxygen atoms in total. The molecule has 1 fully saturated rings. The van der Waals surface area contributed by atoms with Gasteiger partial charge >= 0.3 is 6.09 Å². The monoisotopic (exact) mass is 380 g/mol. The largest absolute Gasteiger partial charge is 0.444 e. The summed E-state index contributed by atoms with van der Waals surface area (Å²) in [5.74, 6) is -1.30. The molecule has 1 N–H and O–H groups in total. The molecule has 2 aliphatic rings. The summed E-state index contributed by atoms with van der Waals surface area (Å²) in [6, 6.07) is -0.247. The van der Waals surface area contributed by atoms with E-state index in [1.807, 2.05) is 0 Å². The van der Waals surface area contributed by atoms with Gasteiger partial charge in [-0.25, -0.2) is 13.6 Å². The van der Waals surface area contributed by atoms with Gasteiger partial charge < -0.3 is 14.7 Å². The minimum Gasteiger partial charge on any atom is -0.444 e. The van der Waals surface area contributed by atoms with Crippen LogP contribution in [0.25, 0.3) is 11.0 Å². The zero-order valence-corrected chi connectivity index (χ0v) is 15.5. The minimum atomic E-state index is -0.583. The standard InChI is InChI=1S/C18H22F2N4O3/c1-18(2,3)27-17(26)23-6-10(7-23)24-21-15-13(19)11-4-9(8-25)5-12(11)14(20)16(15)22-24/h9-10,25H,4-8H2,1-3H3. The summed E-state index contributed by atoms with van der Waals surface area (Å²) in [4.78, 5) is 14.8. The van der Waals surface area contributed by atoms with Gasteiger partial charge in [0.05, 0.1) is 13.1 Å². The third-order valence-corrected chi connectivity index (χ3v) is 5.02. The van der Waals surface area contributed by atoms with Crippen LogP contribution in [0.15, 0.2) is 0 Å². The number of aliphatic hydroxyl groups excluding tert-OH is 1. The van der Waals surface area contributed by atoms with Crippen LogP contribution in [0.5, 0.6) is 0 Å². The van der Waals surface area contributed by atoms with Gasteiger partial charge in [0.1, 0.15) is 11.6 Å². The lowest BCUT2D eigenvalue weighted by atomic mass is 10.1. The first-order valence-electron chi connectivity index (χ1n) is 9.02. The maximum atomic E-state index is 14.8. The third kappa shape index (κ3) is 3.03. The maximum Gasteiger partial charge on any atom is 0.410 e. The highest BCUT2D eigenvalue weighted by molar-refractivity contribution is 5.78. The summed E-state index contributed by atoms with van der Waals surface area (Å²) < 4.78 is 34.9. The number of hydrogen-bond acceptors (Lipinski definition) is 5. The number of ether oxygens (including phenoxy) is 1. The Morgan fingerprint density at radius 3 is 2.11 bits per heavy atom. The first-order valence-corrected chi connectivity index (χ1v) is 9.02. The highest BCUT2D eigenvalue weighted by Gasteiger charge is 2.37. The fourth-order valence-corrected chi connectivity index (χ4v) is 3.61. The molecule has 1 saturated heterocycles. The number of aromatic nitrogens is 3. The Labute approximate surface area is 154 Å². The molecule has 0 spiro atoms. The summed E-state index contributed by atoms with van der Waals surface area (Å²) in [7, 11) is 0. The number of fused-ring (bicyclic) bond motifs is 2. The summed E-state index contributed by atoms with van der Waals surface area (Å²) in [6.07, 6.45) is 0.169. The van der Waals surface area contributed by atoms with Crippen molar-refractivity contribution in [3.63, 3.8) is 0 Å². The Hall–Kier alpha value is -2.29. The lowest BCUT2D eigenvalue weighted by molar-refractivity contribution is -0.00210. The van der Waals surface area contributed by atoms with Gasteiger partial charge in [0.2, 0.25) is 0 Å². The van der Waals surface area contributed by atoms with Gasteiger partial charge in [-0.05, 0) is 50.7 Å². The van der Waals surface area contributed by atoms with Crippen molar-refractivity contribution in [2.45, 2.75) is 45.3 Å². The summed E-state index contributed by atoms with van der Waals surface area (Å²) in [5.41, 5.74) is -0.202. The van der Waals surface area contributed by atoms with Gasteiger partial charge in [-0.2, -0.15) is 4.80 Å². The van der Waals surface area contributed by atoms with Crippen molar-refractivity contribution in [1.82, 2.24) is 19.9 Å².